The van der Waals surface area contributed by atoms with E-state index in [2.05, 4.69) is 37.3 Å². The molecule has 1 fully saturated rings. The molecule has 0 heterocycles. The lowest BCUT2D eigenvalue weighted by Crippen LogP contribution is -2.19. The lowest BCUT2D eigenvalue weighted by molar-refractivity contribution is 0.398. The standard InChI is InChI=1S/C14H19Cl/c1-11-6-5-9-13(11)14(15)10-12-7-3-2-4-8-12/h2-4,7-8,11,13-14H,5-6,9-10H2,1H3. The summed E-state index contributed by atoms with van der Waals surface area (Å²) in [4.78, 5) is 0. The summed E-state index contributed by atoms with van der Waals surface area (Å²) >= 11 is 6.52. The second kappa shape index (κ2) is 5.03. The Morgan fingerprint density at radius 3 is 2.60 bits per heavy atom. The molecule has 0 aliphatic heterocycles. The fourth-order valence-corrected chi connectivity index (χ4v) is 3.25. The summed E-state index contributed by atoms with van der Waals surface area (Å²) in [5.74, 6) is 1.54. The van der Waals surface area contributed by atoms with Crippen LogP contribution in [0.2, 0.25) is 0 Å². The minimum Gasteiger partial charge on any atom is -0.122 e. The number of halogens is 1. The molecule has 3 unspecified atom stereocenters. The highest BCUT2D eigenvalue weighted by Gasteiger charge is 2.29. The van der Waals surface area contributed by atoms with E-state index in [1.54, 1.807) is 0 Å². The Kier molecular flexibility index (Phi) is 3.69. The van der Waals surface area contributed by atoms with Crippen molar-refractivity contribution in [1.29, 1.82) is 0 Å². The SMILES string of the molecule is CC1CCCC1C(Cl)Cc1ccccc1. The van der Waals surface area contributed by atoms with Crippen LogP contribution in [0.15, 0.2) is 30.3 Å². The summed E-state index contributed by atoms with van der Waals surface area (Å²) in [7, 11) is 0. The van der Waals surface area contributed by atoms with Gasteiger partial charge in [-0.3, -0.25) is 0 Å². The van der Waals surface area contributed by atoms with Gasteiger partial charge in [0.15, 0.2) is 0 Å². The zero-order valence-corrected chi connectivity index (χ0v) is 10.1. The van der Waals surface area contributed by atoms with Crippen molar-refractivity contribution in [3.05, 3.63) is 35.9 Å². The molecule has 82 valence electrons. The van der Waals surface area contributed by atoms with Crippen molar-refractivity contribution >= 4 is 11.6 Å². The van der Waals surface area contributed by atoms with Gasteiger partial charge >= 0.3 is 0 Å². The molecule has 0 bridgehead atoms. The molecule has 1 aliphatic rings. The van der Waals surface area contributed by atoms with Crippen LogP contribution >= 0.6 is 11.6 Å². The monoisotopic (exact) mass is 222 g/mol. The van der Waals surface area contributed by atoms with Crippen molar-refractivity contribution in [1.82, 2.24) is 0 Å². The zero-order chi connectivity index (χ0) is 10.7. The first-order chi connectivity index (χ1) is 7.27. The summed E-state index contributed by atoms with van der Waals surface area (Å²) in [5, 5.41) is 0.324. The average molecular weight is 223 g/mol. The molecular formula is C14H19Cl. The van der Waals surface area contributed by atoms with Crippen molar-refractivity contribution < 1.29 is 0 Å². The summed E-state index contributed by atoms with van der Waals surface area (Å²) in [6.45, 7) is 2.35. The van der Waals surface area contributed by atoms with Gasteiger partial charge in [-0.15, -0.1) is 11.6 Å². The van der Waals surface area contributed by atoms with Crippen LogP contribution in [0.1, 0.15) is 31.7 Å². The van der Waals surface area contributed by atoms with Crippen LogP contribution in [0.4, 0.5) is 0 Å². The Morgan fingerprint density at radius 2 is 2.00 bits per heavy atom. The molecule has 1 aliphatic carbocycles. The largest absolute Gasteiger partial charge is 0.122 e. The summed E-state index contributed by atoms with van der Waals surface area (Å²) < 4.78 is 0. The first-order valence-electron chi connectivity index (χ1n) is 5.95. The fourth-order valence-electron chi connectivity index (χ4n) is 2.70. The Balaban J connectivity index is 1.94. The van der Waals surface area contributed by atoms with Crippen LogP contribution < -0.4 is 0 Å². The summed E-state index contributed by atoms with van der Waals surface area (Å²) in [6, 6.07) is 10.6. The number of hydrogen-bond donors (Lipinski definition) is 0. The highest BCUT2D eigenvalue weighted by molar-refractivity contribution is 6.21. The normalized spacial score (nSPS) is 27.9. The molecule has 15 heavy (non-hydrogen) atoms. The van der Waals surface area contributed by atoms with Crippen LogP contribution in [0, 0.1) is 11.8 Å². The molecule has 2 rings (SSSR count). The number of rotatable bonds is 3. The smallest absolute Gasteiger partial charge is 0.0407 e. The van der Waals surface area contributed by atoms with E-state index in [-0.39, 0.29) is 0 Å². The maximum atomic E-state index is 6.52. The van der Waals surface area contributed by atoms with Crippen molar-refractivity contribution in [3.8, 4) is 0 Å². The molecule has 0 saturated heterocycles. The Bertz CT molecular complexity index is 293. The first kappa shape index (κ1) is 11.0. The summed E-state index contributed by atoms with van der Waals surface area (Å²) in [5.41, 5.74) is 1.37. The molecule has 3 atom stereocenters. The van der Waals surface area contributed by atoms with Gasteiger partial charge in [-0.1, -0.05) is 50.1 Å². The Morgan fingerprint density at radius 1 is 1.27 bits per heavy atom. The van der Waals surface area contributed by atoms with Gasteiger partial charge in [0.1, 0.15) is 0 Å². The quantitative estimate of drug-likeness (QED) is 0.670. The molecule has 1 saturated carbocycles. The van der Waals surface area contributed by atoms with Crippen molar-refractivity contribution in [2.45, 2.75) is 38.0 Å². The van der Waals surface area contributed by atoms with E-state index in [1.165, 1.54) is 24.8 Å². The topological polar surface area (TPSA) is 0 Å². The van der Waals surface area contributed by atoms with Crippen LogP contribution in [-0.2, 0) is 6.42 Å². The van der Waals surface area contributed by atoms with E-state index in [0.717, 1.165) is 18.3 Å². The molecular weight excluding hydrogens is 204 g/mol. The zero-order valence-electron chi connectivity index (χ0n) is 9.33. The number of benzene rings is 1. The summed E-state index contributed by atoms with van der Waals surface area (Å²) in [6.07, 6.45) is 5.08. The fraction of sp³-hybridized carbons (Fsp3) is 0.571. The average Bonchev–Trinajstić information content (AvgIpc) is 2.66. The molecule has 1 aromatic carbocycles. The third kappa shape index (κ3) is 2.75. The van der Waals surface area contributed by atoms with Gasteiger partial charge in [0, 0.05) is 5.38 Å². The predicted molar refractivity (Wildman–Crippen MR) is 66.3 cm³/mol. The van der Waals surface area contributed by atoms with E-state index in [9.17, 15) is 0 Å². The van der Waals surface area contributed by atoms with Crippen molar-refractivity contribution in [2.24, 2.45) is 11.8 Å². The van der Waals surface area contributed by atoms with E-state index >= 15 is 0 Å². The van der Waals surface area contributed by atoms with E-state index < -0.39 is 0 Å². The molecule has 0 N–H and O–H groups in total. The van der Waals surface area contributed by atoms with Gasteiger partial charge in [-0.25, -0.2) is 0 Å². The minimum atomic E-state index is 0.324. The Hall–Kier alpha value is -0.490. The van der Waals surface area contributed by atoms with Crippen molar-refractivity contribution in [3.63, 3.8) is 0 Å². The van der Waals surface area contributed by atoms with Gasteiger partial charge in [0.05, 0.1) is 0 Å². The predicted octanol–water partition coefficient (Wildman–Crippen LogP) is 4.27. The van der Waals surface area contributed by atoms with Gasteiger partial charge < -0.3 is 0 Å². The third-order valence-electron chi connectivity index (χ3n) is 3.67. The molecule has 0 radical (unpaired) electrons. The molecule has 1 aromatic rings. The Labute approximate surface area is 97.6 Å². The molecule has 0 amide bonds. The van der Waals surface area contributed by atoms with Crippen LogP contribution in [-0.4, -0.2) is 5.38 Å². The second-order valence-corrected chi connectivity index (χ2v) is 5.34. The van der Waals surface area contributed by atoms with Crippen molar-refractivity contribution in [2.75, 3.05) is 0 Å². The molecule has 0 nitrogen and oxygen atoms in total. The van der Waals surface area contributed by atoms with E-state index in [4.69, 9.17) is 11.6 Å². The van der Waals surface area contributed by atoms with Gasteiger partial charge in [-0.05, 0) is 30.2 Å². The van der Waals surface area contributed by atoms with Gasteiger partial charge in [-0.2, -0.15) is 0 Å². The van der Waals surface area contributed by atoms with Crippen LogP contribution in [0.25, 0.3) is 0 Å². The highest BCUT2D eigenvalue weighted by Crippen LogP contribution is 2.36. The number of hydrogen-bond acceptors (Lipinski definition) is 0. The van der Waals surface area contributed by atoms with Gasteiger partial charge in [0.25, 0.3) is 0 Å². The lowest BCUT2D eigenvalue weighted by atomic mass is 9.91. The maximum Gasteiger partial charge on any atom is 0.0407 e. The lowest BCUT2D eigenvalue weighted by Gasteiger charge is -2.21. The molecule has 0 aromatic heterocycles. The highest BCUT2D eigenvalue weighted by atomic mass is 35.5. The maximum absolute atomic E-state index is 6.52. The van der Waals surface area contributed by atoms with Crippen LogP contribution in [0.5, 0.6) is 0 Å². The van der Waals surface area contributed by atoms with E-state index in [0.29, 0.717) is 5.38 Å². The second-order valence-electron chi connectivity index (χ2n) is 4.78. The molecule has 0 spiro atoms. The molecule has 1 heteroatoms. The van der Waals surface area contributed by atoms with Gasteiger partial charge in [0.2, 0.25) is 0 Å². The van der Waals surface area contributed by atoms with Crippen LogP contribution in [0.3, 0.4) is 0 Å². The minimum absolute atomic E-state index is 0.324. The first-order valence-corrected chi connectivity index (χ1v) is 6.39. The van der Waals surface area contributed by atoms with E-state index in [1.807, 2.05) is 0 Å². The third-order valence-corrected chi connectivity index (χ3v) is 4.14. The number of alkyl halides is 1.